The van der Waals surface area contributed by atoms with Crippen molar-refractivity contribution in [1.82, 2.24) is 10.3 Å². The first-order valence-electron chi connectivity index (χ1n) is 6.67. The molecule has 1 aliphatic carbocycles. The van der Waals surface area contributed by atoms with Gasteiger partial charge in [0, 0.05) is 17.2 Å². The average molecular weight is 314 g/mol. The number of hydrogen-bond donors (Lipinski definition) is 2. The number of allylic oxidation sites excluding steroid dienone is 1. The van der Waals surface area contributed by atoms with Crippen LogP contribution in [-0.4, -0.2) is 14.2 Å². The number of rotatable bonds is 4. The molecule has 2 aromatic rings. The molecule has 2 N–H and O–H groups in total. The van der Waals surface area contributed by atoms with E-state index in [1.807, 2.05) is 6.92 Å². The van der Waals surface area contributed by atoms with Gasteiger partial charge in [0.05, 0.1) is 10.6 Å². The molecule has 1 aliphatic rings. The Kier molecular flexibility index (Phi) is 3.56. The summed E-state index contributed by atoms with van der Waals surface area (Å²) in [5.41, 5.74) is 5.28. The van der Waals surface area contributed by atoms with Crippen molar-refractivity contribution >= 4 is 21.5 Å². The molecule has 0 saturated carbocycles. The maximum absolute atomic E-state index is 12.2. The summed E-state index contributed by atoms with van der Waals surface area (Å²) < 4.78 is 24.4. The summed E-state index contributed by atoms with van der Waals surface area (Å²) >= 11 is 0. The van der Waals surface area contributed by atoms with E-state index in [2.05, 4.69) is 10.3 Å². The molecular weight excluding hydrogens is 300 g/mol. The molecule has 0 aliphatic heterocycles. The lowest BCUT2D eigenvalue weighted by atomic mass is 10.1. The highest BCUT2D eigenvalue weighted by molar-refractivity contribution is 7.89. The number of hydrogen-bond acceptors (Lipinski definition) is 4. The normalized spacial score (nSPS) is 13.7. The monoisotopic (exact) mass is 314 g/mol. The van der Waals surface area contributed by atoms with E-state index < -0.39 is 10.0 Å². The lowest BCUT2D eigenvalue weighted by Crippen LogP contribution is -2.35. The van der Waals surface area contributed by atoms with Crippen LogP contribution in [0.25, 0.3) is 5.70 Å². The van der Waals surface area contributed by atoms with Crippen LogP contribution in [0.5, 0.6) is 0 Å². The van der Waals surface area contributed by atoms with Gasteiger partial charge in [-0.3, -0.25) is 4.79 Å². The third-order valence-electron chi connectivity index (χ3n) is 3.41. The van der Waals surface area contributed by atoms with Gasteiger partial charge in [0.2, 0.25) is 0 Å². The fourth-order valence-corrected chi connectivity index (χ4v) is 3.08. The summed E-state index contributed by atoms with van der Waals surface area (Å²) in [4.78, 5) is 14.3. The number of nitrogens with one attached hydrogen (secondary N) is 2. The standard InChI is InChI=1S/C16H14N2O3S/c1-11-6-8-12(9-7-11)22(20,21)18-17-15-10-16(19)14-5-3-2-4-13(14)15/h2-10,17-18H,1H3. The zero-order chi connectivity index (χ0) is 15.7. The minimum absolute atomic E-state index is 0.146. The van der Waals surface area contributed by atoms with Crippen LogP contribution < -0.4 is 10.3 Å². The average Bonchev–Trinajstić information content (AvgIpc) is 2.83. The second kappa shape index (κ2) is 5.40. The Morgan fingerprint density at radius 2 is 1.55 bits per heavy atom. The summed E-state index contributed by atoms with van der Waals surface area (Å²) in [6, 6.07) is 13.5. The number of benzene rings is 2. The van der Waals surface area contributed by atoms with Crippen molar-refractivity contribution in [2.75, 3.05) is 0 Å². The Balaban J connectivity index is 1.80. The number of ketones is 1. The molecule has 0 amide bonds. The van der Waals surface area contributed by atoms with E-state index in [9.17, 15) is 13.2 Å². The van der Waals surface area contributed by atoms with Crippen LogP contribution in [-0.2, 0) is 10.0 Å². The highest BCUT2D eigenvalue weighted by Gasteiger charge is 2.22. The Labute approximate surface area is 128 Å². The van der Waals surface area contributed by atoms with Crippen LogP contribution in [0.3, 0.4) is 0 Å². The van der Waals surface area contributed by atoms with Gasteiger partial charge in [0.15, 0.2) is 5.78 Å². The fraction of sp³-hybridized carbons (Fsp3) is 0.0625. The molecular formula is C16H14N2O3S. The van der Waals surface area contributed by atoms with E-state index in [4.69, 9.17) is 0 Å². The molecule has 0 unspecified atom stereocenters. The molecule has 0 heterocycles. The number of aryl methyl sites for hydroxylation is 1. The molecule has 0 fully saturated rings. The summed E-state index contributed by atoms with van der Waals surface area (Å²) in [6.07, 6.45) is 1.38. The minimum atomic E-state index is -3.70. The van der Waals surface area contributed by atoms with Gasteiger partial charge in [0.1, 0.15) is 0 Å². The summed E-state index contributed by atoms with van der Waals surface area (Å²) in [5, 5.41) is 0. The van der Waals surface area contributed by atoms with Crippen molar-refractivity contribution in [2.24, 2.45) is 0 Å². The molecule has 2 aromatic carbocycles. The van der Waals surface area contributed by atoms with E-state index in [-0.39, 0.29) is 10.7 Å². The number of hydrazine groups is 1. The van der Waals surface area contributed by atoms with E-state index in [1.165, 1.54) is 18.2 Å². The van der Waals surface area contributed by atoms with E-state index in [1.54, 1.807) is 36.4 Å². The molecule has 5 nitrogen and oxygen atoms in total. The Morgan fingerprint density at radius 3 is 2.23 bits per heavy atom. The van der Waals surface area contributed by atoms with Gasteiger partial charge in [-0.2, -0.15) is 0 Å². The van der Waals surface area contributed by atoms with Gasteiger partial charge >= 0.3 is 0 Å². The lowest BCUT2D eigenvalue weighted by Gasteiger charge is -2.11. The van der Waals surface area contributed by atoms with Crippen molar-refractivity contribution < 1.29 is 13.2 Å². The van der Waals surface area contributed by atoms with Gasteiger partial charge in [-0.25, -0.2) is 8.42 Å². The predicted octanol–water partition coefficient (Wildman–Crippen LogP) is 2.02. The summed E-state index contributed by atoms with van der Waals surface area (Å²) in [5.74, 6) is -0.146. The second-order valence-corrected chi connectivity index (χ2v) is 6.69. The molecule has 112 valence electrons. The van der Waals surface area contributed by atoms with Crippen LogP contribution in [0.4, 0.5) is 0 Å². The largest absolute Gasteiger partial charge is 0.307 e. The SMILES string of the molecule is Cc1ccc(S(=O)(=O)NNC2=CC(=O)c3ccccc32)cc1. The molecule has 0 aromatic heterocycles. The number of fused-ring (bicyclic) bond motifs is 1. The van der Waals surface area contributed by atoms with Crippen LogP contribution in [0.15, 0.2) is 59.5 Å². The van der Waals surface area contributed by atoms with Gasteiger partial charge < -0.3 is 5.43 Å². The van der Waals surface area contributed by atoms with Crippen molar-refractivity contribution in [2.45, 2.75) is 11.8 Å². The van der Waals surface area contributed by atoms with Crippen molar-refractivity contribution in [3.63, 3.8) is 0 Å². The highest BCUT2D eigenvalue weighted by Crippen LogP contribution is 2.24. The Morgan fingerprint density at radius 1 is 0.909 bits per heavy atom. The maximum Gasteiger partial charge on any atom is 0.257 e. The fourth-order valence-electron chi connectivity index (χ4n) is 2.22. The van der Waals surface area contributed by atoms with E-state index >= 15 is 0 Å². The zero-order valence-electron chi connectivity index (χ0n) is 11.8. The lowest BCUT2D eigenvalue weighted by molar-refractivity contribution is 0.105. The first kappa shape index (κ1) is 14.5. The highest BCUT2D eigenvalue weighted by atomic mass is 32.2. The second-order valence-electron chi connectivity index (χ2n) is 5.01. The topological polar surface area (TPSA) is 75.3 Å². The van der Waals surface area contributed by atoms with Gasteiger partial charge in [-0.05, 0) is 19.1 Å². The molecule has 22 heavy (non-hydrogen) atoms. The van der Waals surface area contributed by atoms with Gasteiger partial charge in [-0.1, -0.05) is 42.0 Å². The van der Waals surface area contributed by atoms with Crippen LogP contribution in [0.1, 0.15) is 21.5 Å². The Bertz CT molecular complexity index is 869. The smallest absolute Gasteiger partial charge is 0.257 e. The van der Waals surface area contributed by atoms with Crippen molar-refractivity contribution in [3.8, 4) is 0 Å². The number of carbonyl (C=O) groups excluding carboxylic acids is 1. The number of carbonyl (C=O) groups is 1. The van der Waals surface area contributed by atoms with E-state index in [0.717, 1.165) is 5.56 Å². The van der Waals surface area contributed by atoms with Crippen molar-refractivity contribution in [1.29, 1.82) is 0 Å². The predicted molar refractivity (Wildman–Crippen MR) is 83.4 cm³/mol. The molecule has 0 atom stereocenters. The summed E-state index contributed by atoms with van der Waals surface area (Å²) in [6.45, 7) is 1.88. The third kappa shape index (κ3) is 2.66. The summed E-state index contributed by atoms with van der Waals surface area (Å²) in [7, 11) is -3.70. The Hall–Kier alpha value is -2.44. The molecule has 0 radical (unpaired) electrons. The zero-order valence-corrected chi connectivity index (χ0v) is 12.6. The van der Waals surface area contributed by atoms with Gasteiger partial charge in [-0.15, -0.1) is 4.83 Å². The van der Waals surface area contributed by atoms with Crippen LogP contribution >= 0.6 is 0 Å². The molecule has 3 rings (SSSR count). The van der Waals surface area contributed by atoms with Gasteiger partial charge in [0.25, 0.3) is 10.0 Å². The number of sulfonamides is 1. The van der Waals surface area contributed by atoms with Crippen LogP contribution in [0, 0.1) is 6.92 Å². The molecule has 0 saturated heterocycles. The first-order chi connectivity index (χ1) is 10.5. The third-order valence-corrected chi connectivity index (χ3v) is 4.67. The van der Waals surface area contributed by atoms with Crippen LogP contribution in [0.2, 0.25) is 0 Å². The van der Waals surface area contributed by atoms with Crippen molar-refractivity contribution in [3.05, 3.63) is 71.3 Å². The molecule has 0 spiro atoms. The maximum atomic E-state index is 12.2. The minimum Gasteiger partial charge on any atom is -0.307 e. The molecule has 0 bridgehead atoms. The quantitative estimate of drug-likeness (QED) is 0.847. The first-order valence-corrected chi connectivity index (χ1v) is 8.15. The molecule has 6 heteroatoms. The van der Waals surface area contributed by atoms with E-state index in [0.29, 0.717) is 16.8 Å².